The number of hydrogen-bond donors (Lipinski definition) is 1. The van der Waals surface area contributed by atoms with Crippen LogP contribution in [0.25, 0.3) is 0 Å². The zero-order valence-electron chi connectivity index (χ0n) is 8.46. The molecule has 0 saturated heterocycles. The Balaban J connectivity index is 2.86. The highest BCUT2D eigenvalue weighted by molar-refractivity contribution is 5.95. The van der Waals surface area contributed by atoms with Gasteiger partial charge in [-0.15, -0.1) is 0 Å². The molecule has 70 valence electrons. The van der Waals surface area contributed by atoms with Gasteiger partial charge in [0.05, 0.1) is 0 Å². The zero-order chi connectivity index (χ0) is 9.84. The summed E-state index contributed by atoms with van der Waals surface area (Å²) in [6.07, 6.45) is 1.05. The fraction of sp³-hybridized carbons (Fsp3) is 0.364. The lowest BCUT2D eigenvalue weighted by Gasteiger charge is -2.13. The Morgan fingerprint density at radius 2 is 1.77 bits per heavy atom. The summed E-state index contributed by atoms with van der Waals surface area (Å²) in [5.74, 6) is 0.558. The molecule has 0 aliphatic rings. The Bertz CT molecular complexity index is 285. The van der Waals surface area contributed by atoms with Crippen molar-refractivity contribution in [2.45, 2.75) is 13.3 Å². The topological polar surface area (TPSA) is 27.1 Å². The van der Waals surface area contributed by atoms with E-state index >= 15 is 0 Å². The minimum absolute atomic E-state index is 0.558. The fourth-order valence-electron chi connectivity index (χ4n) is 1.16. The maximum atomic E-state index is 7.74. The van der Waals surface area contributed by atoms with Crippen LogP contribution in [0.15, 0.2) is 24.3 Å². The Hall–Kier alpha value is -1.31. The number of nitrogens with one attached hydrogen (secondary N) is 1. The molecule has 2 nitrogen and oxygen atoms in total. The number of amidine groups is 1. The number of benzene rings is 1. The van der Waals surface area contributed by atoms with E-state index in [2.05, 4.69) is 19.1 Å². The maximum absolute atomic E-state index is 7.74. The van der Waals surface area contributed by atoms with E-state index < -0.39 is 0 Å². The number of rotatable bonds is 2. The lowest BCUT2D eigenvalue weighted by Crippen LogP contribution is -2.21. The third kappa shape index (κ3) is 2.31. The quantitative estimate of drug-likeness (QED) is 0.542. The minimum atomic E-state index is 0.558. The Morgan fingerprint density at radius 3 is 2.15 bits per heavy atom. The van der Waals surface area contributed by atoms with Crippen molar-refractivity contribution in [3.8, 4) is 0 Å². The van der Waals surface area contributed by atoms with Crippen molar-refractivity contribution in [3.63, 3.8) is 0 Å². The molecular formula is C11H16N2. The first-order valence-corrected chi connectivity index (χ1v) is 4.50. The minimum Gasteiger partial charge on any atom is -0.363 e. The van der Waals surface area contributed by atoms with Gasteiger partial charge < -0.3 is 4.90 Å². The van der Waals surface area contributed by atoms with E-state index in [-0.39, 0.29) is 0 Å². The molecule has 0 amide bonds. The van der Waals surface area contributed by atoms with Crippen molar-refractivity contribution in [2.75, 3.05) is 14.1 Å². The van der Waals surface area contributed by atoms with Gasteiger partial charge in [-0.2, -0.15) is 0 Å². The summed E-state index contributed by atoms with van der Waals surface area (Å²) in [5, 5.41) is 7.74. The molecule has 0 atom stereocenters. The third-order valence-electron chi connectivity index (χ3n) is 2.08. The van der Waals surface area contributed by atoms with Crippen LogP contribution >= 0.6 is 0 Å². The van der Waals surface area contributed by atoms with Crippen molar-refractivity contribution in [3.05, 3.63) is 35.4 Å². The van der Waals surface area contributed by atoms with Crippen molar-refractivity contribution < 1.29 is 0 Å². The average Bonchev–Trinajstić information content (AvgIpc) is 2.17. The molecule has 0 aromatic heterocycles. The maximum Gasteiger partial charge on any atom is 0.127 e. The van der Waals surface area contributed by atoms with Crippen molar-refractivity contribution in [2.24, 2.45) is 0 Å². The van der Waals surface area contributed by atoms with Gasteiger partial charge >= 0.3 is 0 Å². The van der Waals surface area contributed by atoms with Gasteiger partial charge in [0.2, 0.25) is 0 Å². The summed E-state index contributed by atoms with van der Waals surface area (Å²) in [6.45, 7) is 2.13. The molecule has 0 fully saturated rings. The molecule has 0 radical (unpaired) electrons. The van der Waals surface area contributed by atoms with E-state index in [1.807, 2.05) is 26.2 Å². The molecule has 1 aromatic carbocycles. The summed E-state index contributed by atoms with van der Waals surface area (Å²) in [5.41, 5.74) is 2.29. The van der Waals surface area contributed by atoms with Crippen LogP contribution < -0.4 is 0 Å². The first kappa shape index (κ1) is 9.78. The molecule has 0 saturated carbocycles. The number of hydrogen-bond acceptors (Lipinski definition) is 1. The van der Waals surface area contributed by atoms with Crippen molar-refractivity contribution in [1.82, 2.24) is 4.90 Å². The number of aryl methyl sites for hydroxylation is 1. The van der Waals surface area contributed by atoms with Crippen LogP contribution in [-0.2, 0) is 6.42 Å². The lowest BCUT2D eigenvalue weighted by molar-refractivity contribution is 0.619. The molecule has 1 N–H and O–H groups in total. The second-order valence-electron chi connectivity index (χ2n) is 3.29. The lowest BCUT2D eigenvalue weighted by atomic mass is 10.1. The fourth-order valence-corrected chi connectivity index (χ4v) is 1.16. The van der Waals surface area contributed by atoms with E-state index in [0.717, 1.165) is 12.0 Å². The highest BCUT2D eigenvalue weighted by atomic mass is 15.1. The van der Waals surface area contributed by atoms with Crippen LogP contribution in [0.4, 0.5) is 0 Å². The van der Waals surface area contributed by atoms with Gasteiger partial charge in [0, 0.05) is 19.7 Å². The zero-order valence-corrected chi connectivity index (χ0v) is 8.46. The molecule has 1 rings (SSSR count). The Morgan fingerprint density at radius 1 is 1.23 bits per heavy atom. The summed E-state index contributed by atoms with van der Waals surface area (Å²) < 4.78 is 0. The van der Waals surface area contributed by atoms with Crippen LogP contribution in [0.2, 0.25) is 0 Å². The first-order chi connectivity index (χ1) is 6.15. The van der Waals surface area contributed by atoms with Gasteiger partial charge in [-0.3, -0.25) is 5.41 Å². The molecule has 0 heterocycles. The summed E-state index contributed by atoms with van der Waals surface area (Å²) in [7, 11) is 3.77. The van der Waals surface area contributed by atoms with E-state index in [4.69, 9.17) is 5.41 Å². The molecule has 0 bridgehead atoms. The molecule has 2 heteroatoms. The second kappa shape index (κ2) is 4.08. The van der Waals surface area contributed by atoms with Crippen LogP contribution in [0.5, 0.6) is 0 Å². The van der Waals surface area contributed by atoms with Gasteiger partial charge in [0.15, 0.2) is 0 Å². The molecule has 0 spiro atoms. The van der Waals surface area contributed by atoms with E-state index in [1.165, 1.54) is 5.56 Å². The van der Waals surface area contributed by atoms with Crippen molar-refractivity contribution in [1.29, 1.82) is 5.41 Å². The van der Waals surface area contributed by atoms with E-state index in [0.29, 0.717) is 5.84 Å². The van der Waals surface area contributed by atoms with Gasteiger partial charge in [0.1, 0.15) is 5.84 Å². The van der Waals surface area contributed by atoms with Crippen LogP contribution in [0, 0.1) is 5.41 Å². The SMILES string of the molecule is CCc1ccc(C(=N)N(C)C)cc1. The van der Waals surface area contributed by atoms with Crippen molar-refractivity contribution >= 4 is 5.84 Å². The smallest absolute Gasteiger partial charge is 0.127 e. The van der Waals surface area contributed by atoms with Crippen LogP contribution in [0.1, 0.15) is 18.1 Å². The highest BCUT2D eigenvalue weighted by Crippen LogP contribution is 2.06. The van der Waals surface area contributed by atoms with E-state index in [1.54, 1.807) is 4.90 Å². The Labute approximate surface area is 79.7 Å². The van der Waals surface area contributed by atoms with Crippen LogP contribution in [0.3, 0.4) is 0 Å². The molecule has 13 heavy (non-hydrogen) atoms. The summed E-state index contributed by atoms with van der Waals surface area (Å²) in [6, 6.07) is 8.16. The standard InChI is InChI=1S/C11H16N2/c1-4-9-5-7-10(8-6-9)11(12)13(2)3/h5-8,12H,4H2,1-3H3. The van der Waals surface area contributed by atoms with E-state index in [9.17, 15) is 0 Å². The summed E-state index contributed by atoms with van der Waals surface area (Å²) >= 11 is 0. The first-order valence-electron chi connectivity index (χ1n) is 4.50. The van der Waals surface area contributed by atoms with Gasteiger partial charge in [-0.05, 0) is 12.0 Å². The third-order valence-corrected chi connectivity index (χ3v) is 2.08. The van der Waals surface area contributed by atoms with Crippen LogP contribution in [-0.4, -0.2) is 24.8 Å². The molecule has 0 unspecified atom stereocenters. The second-order valence-corrected chi connectivity index (χ2v) is 3.29. The van der Waals surface area contributed by atoms with Gasteiger partial charge in [0.25, 0.3) is 0 Å². The molecule has 1 aromatic rings. The average molecular weight is 176 g/mol. The Kier molecular flexibility index (Phi) is 3.07. The van der Waals surface area contributed by atoms with Gasteiger partial charge in [-0.1, -0.05) is 31.2 Å². The van der Waals surface area contributed by atoms with Gasteiger partial charge in [-0.25, -0.2) is 0 Å². The largest absolute Gasteiger partial charge is 0.363 e. The predicted molar refractivity (Wildman–Crippen MR) is 56.3 cm³/mol. The molecule has 0 aliphatic heterocycles. The number of nitrogens with zero attached hydrogens (tertiary/aromatic N) is 1. The molecular weight excluding hydrogens is 160 g/mol. The summed E-state index contributed by atoms with van der Waals surface area (Å²) in [4.78, 5) is 1.81. The highest BCUT2D eigenvalue weighted by Gasteiger charge is 2.01. The monoisotopic (exact) mass is 176 g/mol. The normalized spacial score (nSPS) is 9.77. The molecule has 0 aliphatic carbocycles. The predicted octanol–water partition coefficient (Wildman–Crippen LogP) is 2.14.